The van der Waals surface area contributed by atoms with E-state index in [0.29, 0.717) is 25.6 Å². The zero-order chi connectivity index (χ0) is 15.0. The zero-order valence-electron chi connectivity index (χ0n) is 13.6. The van der Waals surface area contributed by atoms with Crippen LogP contribution in [0.5, 0.6) is 0 Å². The van der Waals surface area contributed by atoms with Crippen LogP contribution in [0.3, 0.4) is 0 Å². The maximum Gasteiger partial charge on any atom is 0.221 e. The maximum absolute atomic E-state index is 11.6. The van der Waals surface area contributed by atoms with Crippen molar-refractivity contribution in [1.29, 1.82) is 0 Å². The molecule has 0 saturated heterocycles. The SMILES string of the molecule is COCCNC(=O)CCNC1CC(C)CCC1C(C)C. The summed E-state index contributed by atoms with van der Waals surface area (Å²) in [4.78, 5) is 11.6. The molecule has 3 atom stereocenters. The summed E-state index contributed by atoms with van der Waals surface area (Å²) in [6.45, 7) is 8.92. The number of nitrogens with one attached hydrogen (secondary N) is 2. The van der Waals surface area contributed by atoms with Gasteiger partial charge in [0, 0.05) is 32.7 Å². The molecule has 0 aromatic heterocycles. The topological polar surface area (TPSA) is 50.4 Å². The van der Waals surface area contributed by atoms with Gasteiger partial charge in [-0.3, -0.25) is 4.79 Å². The van der Waals surface area contributed by atoms with E-state index in [1.165, 1.54) is 19.3 Å². The quantitative estimate of drug-likeness (QED) is 0.672. The lowest BCUT2D eigenvalue weighted by atomic mass is 9.74. The highest BCUT2D eigenvalue weighted by Gasteiger charge is 2.30. The van der Waals surface area contributed by atoms with Crippen LogP contribution >= 0.6 is 0 Å². The number of rotatable bonds is 8. The minimum absolute atomic E-state index is 0.111. The van der Waals surface area contributed by atoms with Crippen molar-refractivity contribution in [2.45, 2.75) is 52.5 Å². The standard InChI is InChI=1S/C16H32N2O2/c1-12(2)14-6-5-13(3)11-15(14)17-8-7-16(19)18-9-10-20-4/h12-15,17H,5-11H2,1-4H3,(H,18,19). The van der Waals surface area contributed by atoms with Gasteiger partial charge in [0.25, 0.3) is 0 Å². The Hall–Kier alpha value is -0.610. The molecular weight excluding hydrogens is 252 g/mol. The van der Waals surface area contributed by atoms with E-state index in [-0.39, 0.29) is 5.91 Å². The summed E-state index contributed by atoms with van der Waals surface area (Å²) >= 11 is 0. The molecular formula is C16H32N2O2. The van der Waals surface area contributed by atoms with Crippen LogP contribution in [0.2, 0.25) is 0 Å². The lowest BCUT2D eigenvalue weighted by Crippen LogP contribution is -2.44. The number of hydrogen-bond acceptors (Lipinski definition) is 3. The van der Waals surface area contributed by atoms with Crippen molar-refractivity contribution in [3.8, 4) is 0 Å². The number of ether oxygens (including phenoxy) is 1. The van der Waals surface area contributed by atoms with Crippen molar-refractivity contribution >= 4 is 5.91 Å². The first-order valence-electron chi connectivity index (χ1n) is 8.03. The van der Waals surface area contributed by atoms with Crippen molar-refractivity contribution in [1.82, 2.24) is 10.6 Å². The smallest absolute Gasteiger partial charge is 0.221 e. The molecule has 1 rings (SSSR count). The van der Waals surface area contributed by atoms with Gasteiger partial charge >= 0.3 is 0 Å². The minimum atomic E-state index is 0.111. The molecule has 1 fully saturated rings. The van der Waals surface area contributed by atoms with Crippen LogP contribution in [0.15, 0.2) is 0 Å². The summed E-state index contributed by atoms with van der Waals surface area (Å²) in [5.74, 6) is 2.39. The molecule has 0 heterocycles. The average molecular weight is 284 g/mol. The monoisotopic (exact) mass is 284 g/mol. The summed E-state index contributed by atoms with van der Waals surface area (Å²) in [6.07, 6.45) is 4.46. The first-order valence-corrected chi connectivity index (χ1v) is 8.03. The highest BCUT2D eigenvalue weighted by Crippen LogP contribution is 2.33. The Labute approximate surface area is 124 Å². The minimum Gasteiger partial charge on any atom is -0.383 e. The van der Waals surface area contributed by atoms with E-state index in [0.717, 1.165) is 24.3 Å². The molecule has 118 valence electrons. The number of carbonyl (C=O) groups is 1. The molecule has 4 nitrogen and oxygen atoms in total. The van der Waals surface area contributed by atoms with E-state index < -0.39 is 0 Å². The highest BCUT2D eigenvalue weighted by molar-refractivity contribution is 5.76. The van der Waals surface area contributed by atoms with Gasteiger partial charge in [-0.15, -0.1) is 0 Å². The van der Waals surface area contributed by atoms with Crippen molar-refractivity contribution in [2.24, 2.45) is 17.8 Å². The van der Waals surface area contributed by atoms with Gasteiger partial charge < -0.3 is 15.4 Å². The lowest BCUT2D eigenvalue weighted by Gasteiger charge is -2.38. The number of carbonyl (C=O) groups excluding carboxylic acids is 1. The van der Waals surface area contributed by atoms with Crippen LogP contribution in [-0.4, -0.2) is 38.8 Å². The average Bonchev–Trinajstić information content (AvgIpc) is 2.38. The van der Waals surface area contributed by atoms with Crippen molar-refractivity contribution in [2.75, 3.05) is 26.8 Å². The molecule has 0 radical (unpaired) electrons. The van der Waals surface area contributed by atoms with Crippen LogP contribution in [0.4, 0.5) is 0 Å². The third-order valence-corrected chi connectivity index (χ3v) is 4.41. The Kier molecular flexibility index (Phi) is 8.15. The number of methoxy groups -OCH3 is 1. The molecule has 2 N–H and O–H groups in total. The van der Waals surface area contributed by atoms with Crippen molar-refractivity contribution in [3.63, 3.8) is 0 Å². The summed E-state index contributed by atoms with van der Waals surface area (Å²) in [5.41, 5.74) is 0. The molecule has 1 saturated carbocycles. The first kappa shape index (κ1) is 17.4. The van der Waals surface area contributed by atoms with Gasteiger partial charge in [-0.2, -0.15) is 0 Å². The van der Waals surface area contributed by atoms with E-state index in [1.807, 2.05) is 0 Å². The Morgan fingerprint density at radius 1 is 1.30 bits per heavy atom. The number of hydrogen-bond donors (Lipinski definition) is 2. The molecule has 0 spiro atoms. The Morgan fingerprint density at radius 3 is 2.70 bits per heavy atom. The van der Waals surface area contributed by atoms with E-state index in [1.54, 1.807) is 7.11 Å². The fourth-order valence-electron chi connectivity index (χ4n) is 3.19. The van der Waals surface area contributed by atoms with Gasteiger partial charge in [0.15, 0.2) is 0 Å². The van der Waals surface area contributed by atoms with Gasteiger partial charge in [0.2, 0.25) is 5.91 Å². The largest absolute Gasteiger partial charge is 0.383 e. The van der Waals surface area contributed by atoms with Gasteiger partial charge in [-0.25, -0.2) is 0 Å². The summed E-state index contributed by atoms with van der Waals surface area (Å²) < 4.78 is 4.91. The Morgan fingerprint density at radius 2 is 2.05 bits per heavy atom. The molecule has 0 bridgehead atoms. The predicted molar refractivity (Wildman–Crippen MR) is 82.6 cm³/mol. The number of amides is 1. The zero-order valence-corrected chi connectivity index (χ0v) is 13.6. The lowest BCUT2D eigenvalue weighted by molar-refractivity contribution is -0.121. The van der Waals surface area contributed by atoms with Crippen LogP contribution in [-0.2, 0) is 9.53 Å². The van der Waals surface area contributed by atoms with E-state index in [9.17, 15) is 4.79 Å². The molecule has 4 heteroatoms. The fraction of sp³-hybridized carbons (Fsp3) is 0.938. The van der Waals surface area contributed by atoms with Crippen molar-refractivity contribution < 1.29 is 9.53 Å². The summed E-state index contributed by atoms with van der Waals surface area (Å²) in [5, 5.41) is 6.47. The molecule has 1 amide bonds. The molecule has 1 aliphatic carbocycles. The second-order valence-corrected chi connectivity index (χ2v) is 6.48. The normalized spacial score (nSPS) is 26.8. The second kappa shape index (κ2) is 9.35. The molecule has 3 unspecified atom stereocenters. The van der Waals surface area contributed by atoms with E-state index in [4.69, 9.17) is 4.74 Å². The highest BCUT2D eigenvalue weighted by atomic mass is 16.5. The molecule has 1 aliphatic rings. The van der Waals surface area contributed by atoms with E-state index in [2.05, 4.69) is 31.4 Å². The Bertz CT molecular complexity index is 282. The van der Waals surface area contributed by atoms with Gasteiger partial charge in [-0.1, -0.05) is 27.2 Å². The summed E-state index contributed by atoms with van der Waals surface area (Å²) in [6, 6.07) is 0.575. The van der Waals surface area contributed by atoms with Gasteiger partial charge in [-0.05, 0) is 30.6 Å². The van der Waals surface area contributed by atoms with Crippen LogP contribution in [0, 0.1) is 17.8 Å². The van der Waals surface area contributed by atoms with E-state index >= 15 is 0 Å². The fourth-order valence-corrected chi connectivity index (χ4v) is 3.19. The molecule has 0 aromatic carbocycles. The Balaban J connectivity index is 2.25. The van der Waals surface area contributed by atoms with Gasteiger partial charge in [0.1, 0.15) is 0 Å². The molecule has 0 aliphatic heterocycles. The first-order chi connectivity index (χ1) is 9.54. The van der Waals surface area contributed by atoms with Crippen molar-refractivity contribution in [3.05, 3.63) is 0 Å². The third kappa shape index (κ3) is 6.23. The molecule has 0 aromatic rings. The predicted octanol–water partition coefficient (Wildman–Crippen LogP) is 2.19. The maximum atomic E-state index is 11.6. The molecule has 20 heavy (non-hydrogen) atoms. The third-order valence-electron chi connectivity index (χ3n) is 4.41. The van der Waals surface area contributed by atoms with Crippen LogP contribution in [0.25, 0.3) is 0 Å². The summed E-state index contributed by atoms with van der Waals surface area (Å²) in [7, 11) is 1.64. The second-order valence-electron chi connectivity index (χ2n) is 6.48. The van der Waals surface area contributed by atoms with Gasteiger partial charge in [0.05, 0.1) is 6.61 Å². The van der Waals surface area contributed by atoms with Crippen LogP contribution < -0.4 is 10.6 Å². The van der Waals surface area contributed by atoms with Crippen LogP contribution in [0.1, 0.15) is 46.5 Å².